The molecule has 1 aliphatic rings. The lowest BCUT2D eigenvalue weighted by molar-refractivity contribution is -0.136. The Morgan fingerprint density at radius 3 is 3.07 bits per heavy atom. The van der Waals surface area contributed by atoms with Crippen LogP contribution in [0.2, 0.25) is 0 Å². The highest BCUT2D eigenvalue weighted by molar-refractivity contribution is 5.72. The quantitative estimate of drug-likeness (QED) is 0.542. The van der Waals surface area contributed by atoms with Gasteiger partial charge in [0.15, 0.2) is 0 Å². The minimum absolute atomic E-state index is 0.0647. The van der Waals surface area contributed by atoms with Gasteiger partial charge in [0.1, 0.15) is 6.54 Å². The minimum Gasteiger partial charge on any atom is -0.433 e. The number of para-hydroxylation sites is 1. The van der Waals surface area contributed by atoms with Crippen molar-refractivity contribution < 1.29 is 9.53 Å². The number of hydrogen-bond donors (Lipinski definition) is 0. The van der Waals surface area contributed by atoms with E-state index in [9.17, 15) is 4.79 Å². The van der Waals surface area contributed by atoms with E-state index in [1.54, 1.807) is 6.08 Å². The highest BCUT2D eigenvalue weighted by Gasteiger charge is 1.98. The van der Waals surface area contributed by atoms with Crippen LogP contribution in [0.25, 0.3) is 6.08 Å². The van der Waals surface area contributed by atoms with Gasteiger partial charge in [0, 0.05) is 0 Å². The number of rotatable bonds is 0. The number of allylic oxidation sites excluding steroid dienone is 1. The zero-order valence-electron chi connectivity index (χ0n) is 7.51. The molecule has 0 N–H and O–H groups in total. The number of cyclic esters (lactones) is 1. The summed E-state index contributed by atoms with van der Waals surface area (Å²) in [4.78, 5) is 15.2. The summed E-state index contributed by atoms with van der Waals surface area (Å²) in [5.41, 5.74) is 0. The van der Waals surface area contributed by atoms with Crippen LogP contribution in [0.1, 0.15) is 0 Å². The van der Waals surface area contributed by atoms with Gasteiger partial charge in [0.25, 0.3) is 0 Å². The predicted octanol–water partition coefficient (Wildman–Crippen LogP) is 0.157. The Morgan fingerprint density at radius 2 is 2.14 bits per heavy atom. The fourth-order valence-corrected chi connectivity index (χ4v) is 1.22. The van der Waals surface area contributed by atoms with E-state index in [0.29, 0.717) is 0 Å². The fraction of sp³-hybridized carbons (Fsp3) is 0.0909. The van der Waals surface area contributed by atoms with Crippen LogP contribution >= 0.6 is 0 Å². The summed E-state index contributed by atoms with van der Waals surface area (Å²) in [6.45, 7) is 0.0647. The Labute approximate surface area is 81.0 Å². The van der Waals surface area contributed by atoms with Gasteiger partial charge in [0.05, 0.1) is 11.6 Å². The van der Waals surface area contributed by atoms with Crippen LogP contribution < -0.4 is 10.6 Å². The van der Waals surface area contributed by atoms with Gasteiger partial charge in [-0.05, 0) is 23.4 Å². The number of benzene rings is 1. The molecular weight excluding hydrogens is 178 g/mol. The molecule has 1 aromatic rings. The first-order valence-corrected chi connectivity index (χ1v) is 4.32. The molecule has 3 heteroatoms. The largest absolute Gasteiger partial charge is 0.433 e. The molecule has 1 aromatic carbocycles. The molecule has 0 bridgehead atoms. The molecule has 0 unspecified atom stereocenters. The summed E-state index contributed by atoms with van der Waals surface area (Å²) in [6, 6.07) is 7.64. The molecule has 1 aliphatic heterocycles. The van der Waals surface area contributed by atoms with Gasteiger partial charge in [-0.3, -0.25) is 4.99 Å². The van der Waals surface area contributed by atoms with Gasteiger partial charge in [0.2, 0.25) is 0 Å². The lowest BCUT2D eigenvalue weighted by atomic mass is 10.2. The molecule has 0 aromatic heterocycles. The van der Waals surface area contributed by atoms with E-state index in [4.69, 9.17) is 4.74 Å². The highest BCUT2D eigenvalue weighted by Crippen LogP contribution is 1.85. The van der Waals surface area contributed by atoms with Crippen LogP contribution in [-0.2, 0) is 9.53 Å². The Morgan fingerprint density at radius 1 is 1.29 bits per heavy atom. The molecular formula is C11H9NO2. The molecule has 70 valence electrons. The molecule has 0 aliphatic carbocycles. The maximum absolute atomic E-state index is 11.0. The third kappa shape index (κ3) is 1.88. The maximum atomic E-state index is 11.0. The molecule has 2 rings (SSSR count). The average Bonchev–Trinajstić information content (AvgIpc) is 2.30. The van der Waals surface area contributed by atoms with Gasteiger partial charge in [-0.15, -0.1) is 0 Å². The number of esters is 1. The normalized spacial score (nSPS) is 19.7. The number of ether oxygens (including phenoxy) is 1. The van der Waals surface area contributed by atoms with Crippen molar-refractivity contribution in [2.24, 2.45) is 4.99 Å². The van der Waals surface area contributed by atoms with Gasteiger partial charge in [-0.2, -0.15) is 0 Å². The van der Waals surface area contributed by atoms with Crippen molar-refractivity contribution in [3.8, 4) is 0 Å². The van der Waals surface area contributed by atoms with Crippen molar-refractivity contribution in [1.29, 1.82) is 0 Å². The number of nitrogens with zero attached hydrogens (tertiary/aromatic N) is 1. The van der Waals surface area contributed by atoms with Gasteiger partial charge >= 0.3 is 5.97 Å². The second-order valence-corrected chi connectivity index (χ2v) is 2.86. The number of carbonyl (C=O) groups is 1. The first-order chi connectivity index (χ1) is 6.86. The summed E-state index contributed by atoms with van der Waals surface area (Å²) in [7, 11) is 0. The number of hydrogen-bond acceptors (Lipinski definition) is 3. The number of fused-ring (bicyclic) bond motifs is 1. The second kappa shape index (κ2) is 3.87. The number of carbonyl (C=O) groups excluding carboxylic acids is 1. The van der Waals surface area contributed by atoms with Crippen LogP contribution in [0.15, 0.2) is 41.6 Å². The van der Waals surface area contributed by atoms with Crippen LogP contribution in [0, 0.1) is 0 Å². The molecule has 0 saturated heterocycles. The predicted molar refractivity (Wildman–Crippen MR) is 51.8 cm³/mol. The molecule has 0 amide bonds. The van der Waals surface area contributed by atoms with E-state index in [1.807, 2.05) is 30.3 Å². The molecule has 14 heavy (non-hydrogen) atoms. The molecule has 0 saturated carbocycles. The monoisotopic (exact) mass is 187 g/mol. The smallest absolute Gasteiger partial charge is 0.332 e. The average molecular weight is 187 g/mol. The van der Waals surface area contributed by atoms with Crippen molar-refractivity contribution in [2.75, 3.05) is 6.54 Å². The van der Waals surface area contributed by atoms with Gasteiger partial charge in [-0.1, -0.05) is 18.2 Å². The van der Waals surface area contributed by atoms with Crippen molar-refractivity contribution in [1.82, 2.24) is 0 Å². The Kier molecular flexibility index (Phi) is 2.40. The van der Waals surface area contributed by atoms with E-state index >= 15 is 0 Å². The van der Waals surface area contributed by atoms with Crippen LogP contribution in [-0.4, -0.2) is 12.5 Å². The van der Waals surface area contributed by atoms with Crippen molar-refractivity contribution in [2.45, 2.75) is 0 Å². The maximum Gasteiger partial charge on any atom is 0.332 e. The van der Waals surface area contributed by atoms with Crippen LogP contribution in [0.5, 0.6) is 0 Å². The van der Waals surface area contributed by atoms with Gasteiger partial charge < -0.3 is 4.74 Å². The standard InChI is InChI=1S/C11H9NO2/c13-11-8-12-10-6-2-1-4-9(10)5-3-7-14-11/h1-7H,8H2/b7-3-,9-5-,12-10?. The van der Waals surface area contributed by atoms with Crippen LogP contribution in [0.3, 0.4) is 0 Å². The third-order valence-electron chi connectivity index (χ3n) is 1.87. The lowest BCUT2D eigenvalue weighted by Gasteiger charge is -1.92. The molecule has 0 fully saturated rings. The van der Waals surface area contributed by atoms with Crippen molar-refractivity contribution in [3.63, 3.8) is 0 Å². The molecule has 0 atom stereocenters. The topological polar surface area (TPSA) is 38.7 Å². The van der Waals surface area contributed by atoms with Gasteiger partial charge in [-0.25, -0.2) is 4.79 Å². The van der Waals surface area contributed by atoms with E-state index in [0.717, 1.165) is 10.6 Å². The van der Waals surface area contributed by atoms with Crippen molar-refractivity contribution >= 4 is 12.0 Å². The highest BCUT2D eigenvalue weighted by atomic mass is 16.5. The lowest BCUT2D eigenvalue weighted by Crippen LogP contribution is -2.24. The first kappa shape index (κ1) is 8.69. The Hall–Kier alpha value is -1.90. The fourth-order valence-electron chi connectivity index (χ4n) is 1.22. The molecule has 0 radical (unpaired) electrons. The summed E-state index contributed by atoms with van der Waals surface area (Å²) < 4.78 is 4.75. The summed E-state index contributed by atoms with van der Waals surface area (Å²) in [5.74, 6) is -0.341. The van der Waals surface area contributed by atoms with E-state index < -0.39 is 0 Å². The Bertz CT molecular complexity index is 488. The summed E-state index contributed by atoms with van der Waals surface area (Å²) >= 11 is 0. The van der Waals surface area contributed by atoms with E-state index in [2.05, 4.69) is 4.99 Å². The zero-order chi connectivity index (χ0) is 9.80. The van der Waals surface area contributed by atoms with E-state index in [1.165, 1.54) is 6.26 Å². The SMILES string of the molecule is O=C1CN=c2cccc/c2=C/C=C\O1. The van der Waals surface area contributed by atoms with E-state index in [-0.39, 0.29) is 12.5 Å². The van der Waals surface area contributed by atoms with Crippen LogP contribution in [0.4, 0.5) is 0 Å². The third-order valence-corrected chi connectivity index (χ3v) is 1.87. The summed E-state index contributed by atoms with van der Waals surface area (Å²) in [5, 5.41) is 1.80. The minimum atomic E-state index is -0.341. The second-order valence-electron chi connectivity index (χ2n) is 2.86. The summed E-state index contributed by atoms with van der Waals surface area (Å²) in [6.07, 6.45) is 4.93. The first-order valence-electron chi connectivity index (χ1n) is 4.32. The molecule has 0 spiro atoms. The van der Waals surface area contributed by atoms with Crippen molar-refractivity contribution in [3.05, 3.63) is 47.2 Å². The molecule has 3 nitrogen and oxygen atoms in total. The molecule has 1 heterocycles. The zero-order valence-corrected chi connectivity index (χ0v) is 7.51. The Balaban J connectivity index is 2.61.